The third-order valence-corrected chi connectivity index (χ3v) is 6.83. The van der Waals surface area contributed by atoms with Crippen molar-refractivity contribution in [2.24, 2.45) is 7.05 Å². The Morgan fingerprint density at radius 2 is 2.17 bits per heavy atom. The zero-order valence-electron chi connectivity index (χ0n) is 15.4. The van der Waals surface area contributed by atoms with Crippen molar-refractivity contribution in [1.29, 1.82) is 0 Å². The average molecular weight is 437 g/mol. The molecule has 152 valence electrons. The van der Waals surface area contributed by atoms with E-state index in [2.05, 4.69) is 15.0 Å². The molecule has 3 aromatic rings. The van der Waals surface area contributed by atoms with E-state index in [0.717, 1.165) is 36.6 Å². The highest BCUT2D eigenvalue weighted by molar-refractivity contribution is 7.99. The van der Waals surface area contributed by atoms with Crippen LogP contribution in [0.25, 0.3) is 10.2 Å². The second-order valence-corrected chi connectivity index (χ2v) is 8.53. The number of hydrogen-bond donors (Lipinski definition) is 1. The minimum atomic E-state index is -2.99. The van der Waals surface area contributed by atoms with Gasteiger partial charge in [-0.15, -0.1) is 11.3 Å². The van der Waals surface area contributed by atoms with Gasteiger partial charge in [0.25, 0.3) is 5.56 Å². The molecule has 0 radical (unpaired) electrons. The van der Waals surface area contributed by atoms with Crippen molar-refractivity contribution in [3.63, 3.8) is 0 Å². The van der Waals surface area contributed by atoms with Gasteiger partial charge in [-0.3, -0.25) is 14.2 Å². The van der Waals surface area contributed by atoms with Crippen molar-refractivity contribution >= 4 is 44.9 Å². The van der Waals surface area contributed by atoms with Crippen LogP contribution >= 0.6 is 23.1 Å². The predicted octanol–water partition coefficient (Wildman–Crippen LogP) is 3.82. The molecule has 0 spiro atoms. The summed E-state index contributed by atoms with van der Waals surface area (Å²) in [5, 5.41) is 3.69. The lowest BCUT2D eigenvalue weighted by Crippen LogP contribution is -2.21. The molecule has 2 aromatic heterocycles. The van der Waals surface area contributed by atoms with Crippen molar-refractivity contribution in [2.45, 2.75) is 31.0 Å². The van der Waals surface area contributed by atoms with Crippen LogP contribution in [-0.4, -0.2) is 27.8 Å². The normalized spacial score (nSPS) is 13.1. The van der Waals surface area contributed by atoms with Crippen LogP contribution in [0.1, 0.15) is 16.9 Å². The Hall–Kier alpha value is -2.46. The van der Waals surface area contributed by atoms with Crippen molar-refractivity contribution in [3.8, 4) is 5.75 Å². The number of benzene rings is 1. The van der Waals surface area contributed by atoms with Crippen molar-refractivity contribution in [2.75, 3.05) is 11.1 Å². The highest BCUT2D eigenvalue weighted by Gasteiger charge is 2.22. The number of ether oxygens (including phenoxy) is 1. The molecule has 0 saturated heterocycles. The molecule has 0 saturated carbocycles. The maximum atomic E-state index is 12.8. The van der Waals surface area contributed by atoms with Crippen LogP contribution in [-0.2, 0) is 24.7 Å². The van der Waals surface area contributed by atoms with Gasteiger partial charge in [-0.1, -0.05) is 23.9 Å². The second kappa shape index (κ2) is 8.11. The fraction of sp³-hybridized carbons (Fsp3) is 0.316. The van der Waals surface area contributed by atoms with Gasteiger partial charge in [0.05, 0.1) is 16.8 Å². The quantitative estimate of drug-likeness (QED) is 0.469. The molecule has 2 heterocycles. The fourth-order valence-electron chi connectivity index (χ4n) is 3.32. The lowest BCUT2D eigenvalue weighted by molar-refractivity contribution is -0.113. The van der Waals surface area contributed by atoms with E-state index in [1.54, 1.807) is 24.5 Å². The average Bonchev–Trinajstić information content (AvgIpc) is 3.25. The van der Waals surface area contributed by atoms with Gasteiger partial charge < -0.3 is 10.1 Å². The summed E-state index contributed by atoms with van der Waals surface area (Å²) in [7, 11) is 1.64. The fourth-order valence-corrected chi connectivity index (χ4v) is 5.39. The van der Waals surface area contributed by atoms with Crippen LogP contribution < -0.4 is 15.6 Å². The topological polar surface area (TPSA) is 73.2 Å². The molecular weight excluding hydrogens is 420 g/mol. The molecule has 0 aliphatic heterocycles. The number of carbonyl (C=O) groups is 1. The number of nitrogens with zero attached hydrogens (tertiary/aromatic N) is 2. The molecule has 1 aliphatic rings. The summed E-state index contributed by atoms with van der Waals surface area (Å²) >= 11 is 2.66. The van der Waals surface area contributed by atoms with Gasteiger partial charge in [-0.25, -0.2) is 4.98 Å². The number of alkyl halides is 2. The zero-order chi connectivity index (χ0) is 20.5. The minimum Gasteiger partial charge on any atom is -0.433 e. The van der Waals surface area contributed by atoms with Crippen LogP contribution in [0.3, 0.4) is 0 Å². The number of halogens is 2. The van der Waals surface area contributed by atoms with Crippen molar-refractivity contribution in [3.05, 3.63) is 45.1 Å². The van der Waals surface area contributed by atoms with E-state index in [1.807, 2.05) is 0 Å². The monoisotopic (exact) mass is 437 g/mol. The van der Waals surface area contributed by atoms with Gasteiger partial charge in [0.2, 0.25) is 5.91 Å². The Bertz CT molecular complexity index is 1140. The second-order valence-electron chi connectivity index (χ2n) is 6.51. The summed E-state index contributed by atoms with van der Waals surface area (Å²) in [4.78, 5) is 31.6. The lowest BCUT2D eigenvalue weighted by atomic mass is 10.2. The maximum absolute atomic E-state index is 12.8. The molecule has 1 aromatic carbocycles. The largest absolute Gasteiger partial charge is 0.433 e. The van der Waals surface area contributed by atoms with E-state index in [0.29, 0.717) is 15.4 Å². The number of rotatable bonds is 6. The summed E-state index contributed by atoms with van der Waals surface area (Å²) < 4.78 is 30.9. The number of nitrogens with one attached hydrogen (secondary N) is 1. The van der Waals surface area contributed by atoms with E-state index in [1.165, 1.54) is 27.6 Å². The van der Waals surface area contributed by atoms with Crippen LogP contribution in [0.2, 0.25) is 0 Å². The molecular formula is C19H17F2N3O3S2. The summed E-state index contributed by atoms with van der Waals surface area (Å²) in [6.07, 6.45) is 2.94. The Balaban J connectivity index is 1.50. The first-order chi connectivity index (χ1) is 13.9. The summed E-state index contributed by atoms with van der Waals surface area (Å²) in [6.45, 7) is -2.99. The SMILES string of the molecule is Cn1c(SCC(=O)Nc2ccccc2OC(F)F)nc2sc3c(c2c1=O)CCC3. The number of thiophene rings is 1. The molecule has 1 N–H and O–H groups in total. The van der Waals surface area contributed by atoms with E-state index in [4.69, 9.17) is 0 Å². The van der Waals surface area contributed by atoms with Crippen LogP contribution in [0.4, 0.5) is 14.5 Å². The molecule has 29 heavy (non-hydrogen) atoms. The predicted molar refractivity (Wildman–Crippen MR) is 109 cm³/mol. The van der Waals surface area contributed by atoms with E-state index in [9.17, 15) is 18.4 Å². The molecule has 0 bridgehead atoms. The van der Waals surface area contributed by atoms with Gasteiger partial charge in [0, 0.05) is 11.9 Å². The van der Waals surface area contributed by atoms with E-state index in [-0.39, 0.29) is 22.7 Å². The molecule has 0 fully saturated rings. The van der Waals surface area contributed by atoms with Crippen LogP contribution in [0.5, 0.6) is 5.75 Å². The molecule has 1 amide bonds. The highest BCUT2D eigenvalue weighted by Crippen LogP contribution is 2.35. The maximum Gasteiger partial charge on any atom is 0.387 e. The molecule has 1 aliphatic carbocycles. The third-order valence-electron chi connectivity index (χ3n) is 4.61. The molecule has 6 nitrogen and oxygen atoms in total. The van der Waals surface area contributed by atoms with Gasteiger partial charge in [0.15, 0.2) is 5.16 Å². The number of amides is 1. The van der Waals surface area contributed by atoms with Gasteiger partial charge in [-0.2, -0.15) is 8.78 Å². The molecule has 0 unspecified atom stereocenters. The third kappa shape index (κ3) is 3.99. The van der Waals surface area contributed by atoms with Gasteiger partial charge in [0.1, 0.15) is 10.6 Å². The van der Waals surface area contributed by atoms with Gasteiger partial charge in [-0.05, 0) is 37.0 Å². The Morgan fingerprint density at radius 3 is 2.97 bits per heavy atom. The molecule has 10 heteroatoms. The number of anilines is 1. The number of aryl methyl sites for hydroxylation is 2. The van der Waals surface area contributed by atoms with Crippen molar-refractivity contribution < 1.29 is 18.3 Å². The number of thioether (sulfide) groups is 1. The number of hydrogen-bond acceptors (Lipinski definition) is 6. The first-order valence-corrected chi connectivity index (χ1v) is 10.7. The Kier molecular flexibility index (Phi) is 5.55. The number of aromatic nitrogens is 2. The molecule has 0 atom stereocenters. The summed E-state index contributed by atoms with van der Waals surface area (Å²) in [5.41, 5.74) is 1.17. The minimum absolute atomic E-state index is 0.0279. The van der Waals surface area contributed by atoms with Gasteiger partial charge >= 0.3 is 6.61 Å². The van der Waals surface area contributed by atoms with E-state index < -0.39 is 12.5 Å². The van der Waals surface area contributed by atoms with Crippen LogP contribution in [0.15, 0.2) is 34.2 Å². The zero-order valence-corrected chi connectivity index (χ0v) is 17.0. The summed E-state index contributed by atoms with van der Waals surface area (Å²) in [6, 6.07) is 5.98. The number of carbonyl (C=O) groups excluding carboxylic acids is 1. The number of fused-ring (bicyclic) bond motifs is 3. The standard InChI is InChI=1S/C19H17F2N3O3S2/c1-24-17(26)15-10-5-4-8-13(10)29-16(15)23-19(24)28-9-14(25)22-11-6-2-3-7-12(11)27-18(20)21/h2-3,6-7,18H,4-5,8-9H2,1H3,(H,22,25). The molecule has 4 rings (SSSR count). The van der Waals surface area contributed by atoms with Crippen LogP contribution in [0, 0.1) is 0 Å². The first kappa shape index (κ1) is 19.8. The van der Waals surface area contributed by atoms with Crippen molar-refractivity contribution in [1.82, 2.24) is 9.55 Å². The Morgan fingerprint density at radius 1 is 1.38 bits per heavy atom. The smallest absolute Gasteiger partial charge is 0.387 e. The Labute approximate surface area is 172 Å². The summed E-state index contributed by atoms with van der Waals surface area (Å²) in [5.74, 6) is -0.552. The lowest BCUT2D eigenvalue weighted by Gasteiger charge is -2.12. The first-order valence-electron chi connectivity index (χ1n) is 8.92. The number of para-hydroxylation sites is 2. The highest BCUT2D eigenvalue weighted by atomic mass is 32.2. The van der Waals surface area contributed by atoms with E-state index >= 15 is 0 Å².